The Morgan fingerprint density at radius 2 is 1.90 bits per heavy atom. The molecule has 3 rings (SSSR count). The Hall–Kier alpha value is -2.34. The summed E-state index contributed by atoms with van der Waals surface area (Å²) in [6.45, 7) is 2.05. The van der Waals surface area contributed by atoms with Gasteiger partial charge in [0, 0.05) is 11.6 Å². The molecular formula is C17H16N2O. The number of nitrogens with zero attached hydrogens (tertiary/aromatic N) is 2. The van der Waals surface area contributed by atoms with Gasteiger partial charge in [0.25, 0.3) is 5.56 Å². The second-order valence-corrected chi connectivity index (χ2v) is 5.35. The molecule has 3 nitrogen and oxygen atoms in total. The van der Waals surface area contributed by atoms with E-state index in [2.05, 4.69) is 18.2 Å². The molecule has 0 atom stereocenters. The van der Waals surface area contributed by atoms with E-state index < -0.39 is 0 Å². The van der Waals surface area contributed by atoms with E-state index in [0.29, 0.717) is 11.6 Å². The molecule has 0 N–H and O–H groups in total. The van der Waals surface area contributed by atoms with Gasteiger partial charge in [-0.15, -0.1) is 0 Å². The highest BCUT2D eigenvalue weighted by Crippen LogP contribution is 2.37. The van der Waals surface area contributed by atoms with Gasteiger partial charge >= 0.3 is 0 Å². The first-order valence-electron chi connectivity index (χ1n) is 6.89. The molecule has 0 amide bonds. The van der Waals surface area contributed by atoms with Crippen LogP contribution in [0.15, 0.2) is 41.2 Å². The molecule has 0 bridgehead atoms. The monoisotopic (exact) mass is 264 g/mol. The third-order valence-electron chi connectivity index (χ3n) is 3.72. The lowest BCUT2D eigenvalue weighted by molar-refractivity contribution is 0.708. The largest absolute Gasteiger partial charge is 0.305 e. The van der Waals surface area contributed by atoms with Crippen LogP contribution in [0.3, 0.4) is 0 Å². The van der Waals surface area contributed by atoms with Crippen LogP contribution in [-0.4, -0.2) is 4.57 Å². The highest BCUT2D eigenvalue weighted by Gasteiger charge is 2.27. The Morgan fingerprint density at radius 1 is 1.20 bits per heavy atom. The first kappa shape index (κ1) is 12.7. The molecule has 1 aliphatic carbocycles. The second kappa shape index (κ2) is 4.97. The van der Waals surface area contributed by atoms with E-state index in [1.807, 2.05) is 29.7 Å². The van der Waals surface area contributed by atoms with Crippen molar-refractivity contribution in [3.8, 4) is 17.3 Å². The van der Waals surface area contributed by atoms with E-state index in [1.165, 1.54) is 5.56 Å². The first-order chi connectivity index (χ1) is 9.70. The van der Waals surface area contributed by atoms with Gasteiger partial charge in [-0.1, -0.05) is 35.9 Å². The van der Waals surface area contributed by atoms with Crippen molar-refractivity contribution in [3.63, 3.8) is 0 Å². The summed E-state index contributed by atoms with van der Waals surface area (Å²) >= 11 is 0. The normalized spacial score (nSPS) is 14.0. The van der Waals surface area contributed by atoms with E-state index in [4.69, 9.17) is 5.26 Å². The Bertz CT molecular complexity index is 731. The third kappa shape index (κ3) is 2.25. The van der Waals surface area contributed by atoms with E-state index in [9.17, 15) is 4.79 Å². The van der Waals surface area contributed by atoms with Gasteiger partial charge in [0.05, 0.1) is 18.2 Å². The summed E-state index contributed by atoms with van der Waals surface area (Å²) < 4.78 is 1.87. The van der Waals surface area contributed by atoms with Crippen molar-refractivity contribution in [1.82, 2.24) is 4.57 Å². The molecule has 1 aliphatic rings. The van der Waals surface area contributed by atoms with Crippen molar-refractivity contribution < 1.29 is 0 Å². The van der Waals surface area contributed by atoms with Crippen molar-refractivity contribution in [3.05, 3.63) is 57.9 Å². The minimum absolute atomic E-state index is 0.00729. The molecule has 1 fully saturated rings. The predicted molar refractivity (Wildman–Crippen MR) is 78.5 cm³/mol. The molecule has 100 valence electrons. The van der Waals surface area contributed by atoms with Crippen molar-refractivity contribution in [2.24, 2.45) is 0 Å². The van der Waals surface area contributed by atoms with Gasteiger partial charge in [0.1, 0.15) is 0 Å². The molecule has 0 unspecified atom stereocenters. The number of rotatable bonds is 3. The zero-order valence-electron chi connectivity index (χ0n) is 11.5. The maximum Gasteiger partial charge on any atom is 0.255 e. The number of aromatic nitrogens is 1. The average molecular weight is 264 g/mol. The molecule has 1 aromatic heterocycles. The van der Waals surface area contributed by atoms with Crippen LogP contribution >= 0.6 is 0 Å². The van der Waals surface area contributed by atoms with Gasteiger partial charge in [-0.2, -0.15) is 5.26 Å². The topological polar surface area (TPSA) is 45.8 Å². The van der Waals surface area contributed by atoms with Gasteiger partial charge in [0.15, 0.2) is 0 Å². The summed E-state index contributed by atoms with van der Waals surface area (Å²) in [5, 5.41) is 8.81. The predicted octanol–water partition coefficient (Wildman–Crippen LogP) is 3.22. The Balaban J connectivity index is 2.16. The molecule has 2 aromatic rings. The maximum atomic E-state index is 12.5. The Labute approximate surface area is 118 Å². The fourth-order valence-corrected chi connectivity index (χ4v) is 2.47. The molecule has 0 saturated heterocycles. The SMILES string of the molecule is Cc1ccc(-c2ccc(CC#N)c(=O)n2C2CC2)cc1. The lowest BCUT2D eigenvalue weighted by Crippen LogP contribution is -2.24. The molecule has 1 heterocycles. The summed E-state index contributed by atoms with van der Waals surface area (Å²) in [5.41, 5.74) is 3.81. The third-order valence-corrected chi connectivity index (χ3v) is 3.72. The number of hydrogen-bond acceptors (Lipinski definition) is 2. The van der Waals surface area contributed by atoms with Gasteiger partial charge in [-0.05, 0) is 31.4 Å². The minimum atomic E-state index is -0.00729. The standard InChI is InChI=1S/C17H16N2O/c1-12-2-4-13(5-3-12)16-9-6-14(10-11-18)17(20)19(16)15-7-8-15/h2-6,9,15H,7-8,10H2,1H3. The molecule has 0 spiro atoms. The molecule has 20 heavy (non-hydrogen) atoms. The zero-order chi connectivity index (χ0) is 14.1. The van der Waals surface area contributed by atoms with E-state index in [0.717, 1.165) is 24.1 Å². The van der Waals surface area contributed by atoms with Crippen molar-refractivity contribution in [2.75, 3.05) is 0 Å². The van der Waals surface area contributed by atoms with Crippen LogP contribution in [0.5, 0.6) is 0 Å². The van der Waals surface area contributed by atoms with Crippen LogP contribution in [0.25, 0.3) is 11.3 Å². The summed E-state index contributed by atoms with van der Waals surface area (Å²) in [6, 6.07) is 14.3. The van der Waals surface area contributed by atoms with Crippen molar-refractivity contribution in [1.29, 1.82) is 5.26 Å². The van der Waals surface area contributed by atoms with E-state index in [1.54, 1.807) is 6.07 Å². The van der Waals surface area contributed by atoms with Crippen molar-refractivity contribution in [2.45, 2.75) is 32.2 Å². The summed E-state index contributed by atoms with van der Waals surface area (Å²) in [5.74, 6) is 0. The number of pyridine rings is 1. The first-order valence-corrected chi connectivity index (χ1v) is 6.89. The second-order valence-electron chi connectivity index (χ2n) is 5.35. The van der Waals surface area contributed by atoms with E-state index in [-0.39, 0.29) is 12.0 Å². The van der Waals surface area contributed by atoms with Crippen LogP contribution in [0, 0.1) is 18.3 Å². The summed E-state index contributed by atoms with van der Waals surface area (Å²) in [6.07, 6.45) is 2.28. The van der Waals surface area contributed by atoms with Crippen LogP contribution in [0.4, 0.5) is 0 Å². The highest BCUT2D eigenvalue weighted by molar-refractivity contribution is 5.60. The van der Waals surface area contributed by atoms with Crippen molar-refractivity contribution >= 4 is 0 Å². The zero-order valence-corrected chi connectivity index (χ0v) is 11.5. The minimum Gasteiger partial charge on any atom is -0.305 e. The van der Waals surface area contributed by atoms with Crippen LogP contribution in [0.2, 0.25) is 0 Å². The molecule has 1 saturated carbocycles. The quantitative estimate of drug-likeness (QED) is 0.854. The molecule has 1 aromatic carbocycles. The number of aryl methyl sites for hydroxylation is 1. The number of benzene rings is 1. The van der Waals surface area contributed by atoms with Gasteiger partial charge in [0.2, 0.25) is 0 Å². The summed E-state index contributed by atoms with van der Waals surface area (Å²) in [7, 11) is 0. The smallest absolute Gasteiger partial charge is 0.255 e. The lowest BCUT2D eigenvalue weighted by Gasteiger charge is -2.13. The number of nitriles is 1. The fraction of sp³-hybridized carbons (Fsp3) is 0.294. The van der Waals surface area contributed by atoms with Crippen LogP contribution in [-0.2, 0) is 6.42 Å². The van der Waals surface area contributed by atoms with E-state index >= 15 is 0 Å². The molecule has 0 radical (unpaired) electrons. The maximum absolute atomic E-state index is 12.5. The Kier molecular flexibility index (Phi) is 3.15. The molecular weight excluding hydrogens is 248 g/mol. The van der Waals surface area contributed by atoms with Gasteiger partial charge in [-0.25, -0.2) is 0 Å². The van der Waals surface area contributed by atoms with Gasteiger partial charge in [-0.3, -0.25) is 4.79 Å². The highest BCUT2D eigenvalue weighted by atomic mass is 16.1. The van der Waals surface area contributed by atoms with Crippen LogP contribution in [0.1, 0.15) is 30.0 Å². The molecule has 0 aliphatic heterocycles. The number of hydrogen-bond donors (Lipinski definition) is 0. The van der Waals surface area contributed by atoms with Gasteiger partial charge < -0.3 is 4.57 Å². The Morgan fingerprint density at radius 3 is 2.50 bits per heavy atom. The average Bonchev–Trinajstić information content (AvgIpc) is 3.26. The van der Waals surface area contributed by atoms with Crippen LogP contribution < -0.4 is 5.56 Å². The lowest BCUT2D eigenvalue weighted by atomic mass is 10.1. The summed E-state index contributed by atoms with van der Waals surface area (Å²) in [4.78, 5) is 12.5. The fourth-order valence-electron chi connectivity index (χ4n) is 2.47. The molecule has 3 heteroatoms.